The average Bonchev–Trinajstić information content (AvgIpc) is 2.25. The van der Waals surface area contributed by atoms with Gasteiger partial charge in [0.2, 0.25) is 0 Å². The van der Waals surface area contributed by atoms with E-state index < -0.39 is 0 Å². The van der Waals surface area contributed by atoms with Crippen LogP contribution in [0.15, 0.2) is 11.6 Å². The fourth-order valence-electron chi connectivity index (χ4n) is 3.63. The molecule has 0 fully saturated rings. The lowest BCUT2D eigenvalue weighted by Crippen LogP contribution is -2.37. The maximum atomic E-state index is 11.9. The van der Waals surface area contributed by atoms with Crippen LogP contribution in [0.3, 0.4) is 0 Å². The molecule has 0 spiro atoms. The molecule has 0 heterocycles. The molecule has 0 aromatic heterocycles. The number of allylic oxidation sites excluding steroid dienone is 2. The Balaban J connectivity index is 2.99. The second kappa shape index (κ2) is 6.04. The molecule has 1 aliphatic carbocycles. The maximum absolute atomic E-state index is 11.9. The molecule has 18 heavy (non-hydrogen) atoms. The summed E-state index contributed by atoms with van der Waals surface area (Å²) < 4.78 is 0. The number of rotatable bonds is 5. The molecule has 1 rings (SSSR count). The van der Waals surface area contributed by atoms with Gasteiger partial charge in [-0.1, -0.05) is 46.3 Å². The van der Waals surface area contributed by atoms with E-state index in [4.69, 9.17) is 0 Å². The van der Waals surface area contributed by atoms with Crippen LogP contribution in [0.1, 0.15) is 67.2 Å². The molecule has 0 aromatic rings. The van der Waals surface area contributed by atoms with Crippen molar-refractivity contribution >= 4 is 5.78 Å². The average molecular weight is 250 g/mol. The van der Waals surface area contributed by atoms with Gasteiger partial charge in [0.25, 0.3) is 0 Å². The Morgan fingerprint density at radius 3 is 2.50 bits per heavy atom. The third kappa shape index (κ3) is 3.46. The molecule has 0 bridgehead atoms. The monoisotopic (exact) mass is 250 g/mol. The van der Waals surface area contributed by atoms with Crippen LogP contribution in [-0.2, 0) is 4.79 Å². The topological polar surface area (TPSA) is 17.1 Å². The maximum Gasteiger partial charge on any atom is 0.132 e. The first-order valence-electron chi connectivity index (χ1n) is 7.48. The smallest absolute Gasteiger partial charge is 0.132 e. The number of carbonyl (C=O) groups is 1. The molecule has 0 amide bonds. The highest BCUT2D eigenvalue weighted by atomic mass is 16.1. The lowest BCUT2D eigenvalue weighted by Gasteiger charge is -2.44. The Morgan fingerprint density at radius 1 is 1.44 bits per heavy atom. The van der Waals surface area contributed by atoms with Crippen LogP contribution >= 0.6 is 0 Å². The highest BCUT2D eigenvalue weighted by Gasteiger charge is 2.39. The Labute approximate surface area is 113 Å². The zero-order valence-corrected chi connectivity index (χ0v) is 13.0. The second-order valence-corrected chi connectivity index (χ2v) is 6.96. The minimum atomic E-state index is 0.335. The molecule has 0 N–H and O–H groups in total. The van der Waals surface area contributed by atoms with E-state index in [0.717, 1.165) is 6.42 Å². The van der Waals surface area contributed by atoms with Crippen LogP contribution in [0.5, 0.6) is 0 Å². The molecule has 1 heteroatoms. The van der Waals surface area contributed by atoms with Crippen molar-refractivity contribution in [3.8, 4) is 0 Å². The van der Waals surface area contributed by atoms with E-state index >= 15 is 0 Å². The minimum Gasteiger partial charge on any atom is -0.300 e. The summed E-state index contributed by atoms with van der Waals surface area (Å²) in [4.78, 5) is 11.9. The molecule has 1 aliphatic rings. The van der Waals surface area contributed by atoms with E-state index in [9.17, 15) is 4.79 Å². The Morgan fingerprint density at radius 2 is 2.06 bits per heavy atom. The molecule has 0 aromatic carbocycles. The van der Waals surface area contributed by atoms with Gasteiger partial charge in [0.15, 0.2) is 0 Å². The van der Waals surface area contributed by atoms with Gasteiger partial charge in [-0.25, -0.2) is 0 Å². The Hall–Kier alpha value is -0.590. The third-order valence-electron chi connectivity index (χ3n) is 4.73. The summed E-state index contributed by atoms with van der Waals surface area (Å²) in [6.07, 6.45) is 6.27. The van der Waals surface area contributed by atoms with Crippen LogP contribution in [0.4, 0.5) is 0 Å². The Kier molecular flexibility index (Phi) is 5.19. The number of ketones is 1. The van der Waals surface area contributed by atoms with Gasteiger partial charge in [0, 0.05) is 12.8 Å². The summed E-state index contributed by atoms with van der Waals surface area (Å²) in [5.74, 6) is 2.07. The number of hydrogen-bond acceptors (Lipinski definition) is 1. The summed E-state index contributed by atoms with van der Waals surface area (Å²) >= 11 is 0. The molecule has 2 unspecified atom stereocenters. The second-order valence-electron chi connectivity index (χ2n) is 6.96. The normalized spacial score (nSPS) is 24.8. The Bertz CT molecular complexity index is 323. The largest absolute Gasteiger partial charge is 0.300 e. The van der Waals surface area contributed by atoms with E-state index in [-0.39, 0.29) is 0 Å². The summed E-state index contributed by atoms with van der Waals surface area (Å²) in [6, 6.07) is 0. The van der Waals surface area contributed by atoms with Crippen molar-refractivity contribution in [2.24, 2.45) is 23.2 Å². The summed E-state index contributed by atoms with van der Waals surface area (Å²) in [7, 11) is 0. The van der Waals surface area contributed by atoms with Gasteiger partial charge in [-0.2, -0.15) is 0 Å². The van der Waals surface area contributed by atoms with Crippen molar-refractivity contribution in [2.45, 2.75) is 67.2 Å². The standard InChI is InChI=1S/C17H30O/c1-7-14(18)11-15(12(2)3)16-13(4)9-8-10-17(16,5)6/h9,12,15-16H,7-8,10-11H2,1-6H3. The van der Waals surface area contributed by atoms with E-state index in [1.807, 2.05) is 6.92 Å². The van der Waals surface area contributed by atoms with E-state index in [1.54, 1.807) is 0 Å². The SMILES string of the molecule is CCC(=O)CC(C(C)C)C1C(C)=CCCC1(C)C. The van der Waals surface area contributed by atoms with Crippen LogP contribution in [0, 0.1) is 23.2 Å². The fraction of sp³-hybridized carbons (Fsp3) is 0.824. The van der Waals surface area contributed by atoms with Crippen LogP contribution in [0.2, 0.25) is 0 Å². The van der Waals surface area contributed by atoms with Gasteiger partial charge in [0.05, 0.1) is 0 Å². The van der Waals surface area contributed by atoms with Gasteiger partial charge in [-0.3, -0.25) is 4.79 Å². The molecule has 1 nitrogen and oxygen atoms in total. The molecule has 0 saturated carbocycles. The lowest BCUT2D eigenvalue weighted by molar-refractivity contribution is -0.120. The van der Waals surface area contributed by atoms with Crippen molar-refractivity contribution in [1.29, 1.82) is 0 Å². The number of Topliss-reactive ketones (excluding diaryl/α,β-unsaturated/α-hetero) is 1. The fourth-order valence-corrected chi connectivity index (χ4v) is 3.63. The molecule has 0 radical (unpaired) electrons. The molecule has 104 valence electrons. The van der Waals surface area contributed by atoms with Crippen LogP contribution < -0.4 is 0 Å². The van der Waals surface area contributed by atoms with E-state index in [0.29, 0.717) is 35.4 Å². The predicted octanol–water partition coefficient (Wildman–Crippen LogP) is 5.01. The van der Waals surface area contributed by atoms with Crippen molar-refractivity contribution in [3.63, 3.8) is 0 Å². The lowest BCUT2D eigenvalue weighted by atomic mass is 9.60. The molecular weight excluding hydrogens is 220 g/mol. The van der Waals surface area contributed by atoms with Gasteiger partial charge in [-0.05, 0) is 42.9 Å². The minimum absolute atomic E-state index is 0.335. The summed E-state index contributed by atoms with van der Waals surface area (Å²) in [5, 5.41) is 0. The third-order valence-corrected chi connectivity index (χ3v) is 4.73. The zero-order chi connectivity index (χ0) is 13.9. The van der Waals surface area contributed by atoms with Gasteiger partial charge < -0.3 is 0 Å². The molecular formula is C17H30O. The molecule has 0 aliphatic heterocycles. The molecule has 2 atom stereocenters. The van der Waals surface area contributed by atoms with E-state index in [1.165, 1.54) is 18.4 Å². The van der Waals surface area contributed by atoms with Crippen molar-refractivity contribution in [3.05, 3.63) is 11.6 Å². The quantitative estimate of drug-likeness (QED) is 0.627. The van der Waals surface area contributed by atoms with Crippen LogP contribution in [0.25, 0.3) is 0 Å². The summed E-state index contributed by atoms with van der Waals surface area (Å²) in [5.41, 5.74) is 1.84. The highest BCUT2D eigenvalue weighted by molar-refractivity contribution is 5.78. The first kappa shape index (κ1) is 15.5. The zero-order valence-electron chi connectivity index (χ0n) is 13.0. The van der Waals surface area contributed by atoms with Gasteiger partial charge >= 0.3 is 0 Å². The first-order chi connectivity index (χ1) is 8.29. The van der Waals surface area contributed by atoms with Crippen molar-refractivity contribution in [2.75, 3.05) is 0 Å². The van der Waals surface area contributed by atoms with Crippen LogP contribution in [-0.4, -0.2) is 5.78 Å². The predicted molar refractivity (Wildman–Crippen MR) is 78.5 cm³/mol. The molecule has 0 saturated heterocycles. The number of hydrogen-bond donors (Lipinski definition) is 0. The first-order valence-corrected chi connectivity index (χ1v) is 7.48. The van der Waals surface area contributed by atoms with Crippen molar-refractivity contribution < 1.29 is 4.79 Å². The van der Waals surface area contributed by atoms with E-state index in [2.05, 4.69) is 40.7 Å². The van der Waals surface area contributed by atoms with Gasteiger partial charge in [0.1, 0.15) is 5.78 Å². The highest BCUT2D eigenvalue weighted by Crippen LogP contribution is 2.48. The summed E-state index contributed by atoms with van der Waals surface area (Å²) in [6.45, 7) is 13.5. The number of carbonyl (C=O) groups excluding carboxylic acids is 1. The van der Waals surface area contributed by atoms with Crippen molar-refractivity contribution in [1.82, 2.24) is 0 Å². The van der Waals surface area contributed by atoms with Gasteiger partial charge in [-0.15, -0.1) is 0 Å².